The number of carbonyl (C=O) groups excluding carboxylic acids is 1. The van der Waals surface area contributed by atoms with Gasteiger partial charge < -0.3 is 10.6 Å². The van der Waals surface area contributed by atoms with Crippen molar-refractivity contribution >= 4 is 11.7 Å². The minimum Gasteiger partial charge on any atom is -0.370 e. The Morgan fingerprint density at radius 1 is 1.16 bits per heavy atom. The molecule has 1 aromatic carbocycles. The van der Waals surface area contributed by atoms with Gasteiger partial charge in [0.2, 0.25) is 5.91 Å². The zero-order chi connectivity index (χ0) is 23.3. The van der Waals surface area contributed by atoms with E-state index in [4.69, 9.17) is 0 Å². The Balaban J connectivity index is 0.00000176. The van der Waals surface area contributed by atoms with Crippen molar-refractivity contribution in [3.05, 3.63) is 72.3 Å². The molecule has 32 heavy (non-hydrogen) atoms. The Morgan fingerprint density at radius 2 is 1.81 bits per heavy atom. The lowest BCUT2D eigenvalue weighted by Crippen LogP contribution is -2.30. The van der Waals surface area contributed by atoms with Gasteiger partial charge in [-0.05, 0) is 63.2 Å². The molecule has 1 saturated carbocycles. The van der Waals surface area contributed by atoms with E-state index in [0.29, 0.717) is 12.2 Å². The zero-order valence-electron chi connectivity index (χ0n) is 19.5. The summed E-state index contributed by atoms with van der Waals surface area (Å²) in [6.45, 7) is 11.3. The van der Waals surface area contributed by atoms with Crippen LogP contribution in [-0.4, -0.2) is 28.8 Å². The third kappa shape index (κ3) is 7.36. The van der Waals surface area contributed by atoms with Crippen LogP contribution in [-0.2, 0) is 11.2 Å². The quantitative estimate of drug-likeness (QED) is 0.396. The first-order valence-corrected chi connectivity index (χ1v) is 11.5. The van der Waals surface area contributed by atoms with E-state index >= 15 is 0 Å². The lowest BCUT2D eigenvalue weighted by Gasteiger charge is -2.14. The van der Waals surface area contributed by atoms with Crippen LogP contribution in [0.2, 0.25) is 0 Å². The van der Waals surface area contributed by atoms with Gasteiger partial charge in [-0.15, -0.1) is 13.2 Å². The third-order valence-electron chi connectivity index (χ3n) is 5.89. The normalized spacial score (nSPS) is 14.0. The van der Waals surface area contributed by atoms with Crippen LogP contribution >= 0.6 is 0 Å². The van der Waals surface area contributed by atoms with Crippen LogP contribution in [0.1, 0.15) is 55.3 Å². The average Bonchev–Trinajstić information content (AvgIpc) is 3.46. The van der Waals surface area contributed by atoms with Gasteiger partial charge in [0.15, 0.2) is 5.82 Å². The van der Waals surface area contributed by atoms with Gasteiger partial charge >= 0.3 is 0 Å². The van der Waals surface area contributed by atoms with E-state index in [1.807, 2.05) is 12.1 Å². The van der Waals surface area contributed by atoms with E-state index in [2.05, 4.69) is 54.0 Å². The molecule has 0 atom stereocenters. The predicted molar refractivity (Wildman–Crippen MR) is 130 cm³/mol. The summed E-state index contributed by atoms with van der Waals surface area (Å²) >= 11 is 0. The van der Waals surface area contributed by atoms with Crippen LogP contribution in [0.25, 0.3) is 5.82 Å². The number of aryl methyl sites for hydroxylation is 1. The van der Waals surface area contributed by atoms with Gasteiger partial charge in [0.1, 0.15) is 5.82 Å². The Labute approximate surface area is 191 Å². The van der Waals surface area contributed by atoms with Crippen molar-refractivity contribution < 1.29 is 9.18 Å². The lowest BCUT2D eigenvalue weighted by molar-refractivity contribution is -0.124. The second kappa shape index (κ2) is 13.5. The minimum absolute atomic E-state index is 0.210. The first-order chi connectivity index (χ1) is 15.6. The van der Waals surface area contributed by atoms with E-state index in [9.17, 15) is 9.18 Å². The molecule has 1 heterocycles. The number of carbonyl (C=O) groups is 1. The molecule has 174 valence electrons. The number of aromatic nitrogens is 2. The Morgan fingerprint density at radius 3 is 2.44 bits per heavy atom. The number of allylic oxidation sites excluding steroid dienone is 1. The Kier molecular flexibility index (Phi) is 10.7. The third-order valence-corrected chi connectivity index (χ3v) is 5.89. The largest absolute Gasteiger partial charge is 0.370 e. The molecule has 1 amide bonds. The molecule has 0 aliphatic heterocycles. The molecule has 0 spiro atoms. The Bertz CT molecular complexity index is 884. The lowest BCUT2D eigenvalue weighted by atomic mass is 10.1. The standard InChI is InChI=1S/C24H33FN4O.C2H4/c1-18-9-3-4-10-20(18)13-14-23(29-19(2)22(25)17-28-29)26-15-7-8-16-27-24(30)21-11-5-6-12-21;1-2/h3-4,9-10,14,17,21,26H,5-8,11-13,15-16H2,1-2H3,(H,27,30);1-2H2/b23-14-;. The van der Waals surface area contributed by atoms with Crippen LogP contribution < -0.4 is 10.6 Å². The molecule has 1 fully saturated rings. The molecular weight excluding hydrogens is 403 g/mol. The summed E-state index contributed by atoms with van der Waals surface area (Å²) in [6, 6.07) is 8.25. The molecule has 1 aliphatic carbocycles. The number of halogens is 1. The van der Waals surface area contributed by atoms with Crippen molar-refractivity contribution in [3.63, 3.8) is 0 Å². The monoisotopic (exact) mass is 440 g/mol. The average molecular weight is 441 g/mol. The SMILES string of the molecule is C=C.Cc1ccccc1C/C=C(/NCCCCNC(=O)C1CCCC1)n1ncc(F)c1C. The number of unbranched alkanes of at least 4 members (excludes halogenated alkanes) is 1. The molecule has 3 rings (SSSR count). The number of hydrogen-bond acceptors (Lipinski definition) is 3. The van der Waals surface area contributed by atoms with Crippen molar-refractivity contribution in [2.75, 3.05) is 13.1 Å². The van der Waals surface area contributed by atoms with Gasteiger partial charge in [0, 0.05) is 19.0 Å². The fraction of sp³-hybridized carbons (Fsp3) is 0.462. The van der Waals surface area contributed by atoms with E-state index in [1.54, 1.807) is 11.6 Å². The molecule has 1 aromatic heterocycles. The first kappa shape index (κ1) is 25.4. The van der Waals surface area contributed by atoms with Crippen LogP contribution in [0.4, 0.5) is 4.39 Å². The smallest absolute Gasteiger partial charge is 0.223 e. The maximum absolute atomic E-state index is 13.8. The highest BCUT2D eigenvalue weighted by Gasteiger charge is 2.21. The number of nitrogens with one attached hydrogen (secondary N) is 2. The van der Waals surface area contributed by atoms with Crippen molar-refractivity contribution in [3.8, 4) is 0 Å². The fourth-order valence-corrected chi connectivity index (χ4v) is 3.92. The maximum atomic E-state index is 13.8. The molecule has 0 radical (unpaired) electrons. The van der Waals surface area contributed by atoms with E-state index in [1.165, 1.54) is 30.2 Å². The van der Waals surface area contributed by atoms with Gasteiger partial charge in [-0.1, -0.05) is 37.1 Å². The van der Waals surface area contributed by atoms with Crippen LogP contribution in [0.5, 0.6) is 0 Å². The van der Waals surface area contributed by atoms with E-state index in [-0.39, 0.29) is 17.6 Å². The summed E-state index contributed by atoms with van der Waals surface area (Å²) in [4.78, 5) is 12.1. The van der Waals surface area contributed by atoms with Gasteiger partial charge in [-0.25, -0.2) is 9.07 Å². The second-order valence-corrected chi connectivity index (χ2v) is 8.12. The summed E-state index contributed by atoms with van der Waals surface area (Å²) < 4.78 is 15.5. The maximum Gasteiger partial charge on any atom is 0.223 e. The van der Waals surface area contributed by atoms with Crippen molar-refractivity contribution in [1.29, 1.82) is 0 Å². The van der Waals surface area contributed by atoms with Crippen molar-refractivity contribution in [2.45, 2.75) is 58.8 Å². The summed E-state index contributed by atoms with van der Waals surface area (Å²) in [7, 11) is 0. The second-order valence-electron chi connectivity index (χ2n) is 8.12. The van der Waals surface area contributed by atoms with Gasteiger partial charge in [-0.3, -0.25) is 4.79 Å². The fourth-order valence-electron chi connectivity index (χ4n) is 3.92. The molecule has 5 nitrogen and oxygen atoms in total. The van der Waals surface area contributed by atoms with Crippen LogP contribution in [0.15, 0.2) is 49.7 Å². The summed E-state index contributed by atoms with van der Waals surface area (Å²) in [5.74, 6) is 0.904. The molecule has 0 saturated heterocycles. The number of hydrogen-bond donors (Lipinski definition) is 2. The highest BCUT2D eigenvalue weighted by Crippen LogP contribution is 2.24. The van der Waals surface area contributed by atoms with E-state index in [0.717, 1.165) is 44.5 Å². The predicted octanol–water partition coefficient (Wildman–Crippen LogP) is 5.16. The number of rotatable bonds is 10. The molecule has 0 unspecified atom stereocenters. The minimum atomic E-state index is -0.312. The zero-order valence-corrected chi connectivity index (χ0v) is 19.5. The molecule has 1 aliphatic rings. The van der Waals surface area contributed by atoms with Gasteiger partial charge in [-0.2, -0.15) is 5.10 Å². The van der Waals surface area contributed by atoms with Gasteiger partial charge in [0.25, 0.3) is 0 Å². The summed E-state index contributed by atoms with van der Waals surface area (Å²) in [5, 5.41) is 10.7. The van der Waals surface area contributed by atoms with Crippen molar-refractivity contribution in [2.24, 2.45) is 5.92 Å². The molecule has 6 heteroatoms. The summed E-state index contributed by atoms with van der Waals surface area (Å²) in [6.07, 6.45) is 10.3. The van der Waals surface area contributed by atoms with E-state index < -0.39 is 0 Å². The van der Waals surface area contributed by atoms with Gasteiger partial charge in [0.05, 0.1) is 11.9 Å². The number of nitrogens with zero attached hydrogens (tertiary/aromatic N) is 2. The molecule has 2 N–H and O–H groups in total. The van der Waals surface area contributed by atoms with Crippen molar-refractivity contribution in [1.82, 2.24) is 20.4 Å². The van der Waals surface area contributed by atoms with Crippen LogP contribution in [0, 0.1) is 25.6 Å². The molecule has 0 bridgehead atoms. The number of amides is 1. The molecule has 2 aromatic rings. The first-order valence-electron chi connectivity index (χ1n) is 11.5. The highest BCUT2D eigenvalue weighted by molar-refractivity contribution is 5.78. The number of benzene rings is 1. The Hall–Kier alpha value is -2.89. The highest BCUT2D eigenvalue weighted by atomic mass is 19.1. The summed E-state index contributed by atoms with van der Waals surface area (Å²) in [5.41, 5.74) is 2.95. The molecular formula is C26H37FN4O. The topological polar surface area (TPSA) is 58.9 Å². The van der Waals surface area contributed by atoms with Crippen LogP contribution in [0.3, 0.4) is 0 Å².